The van der Waals surface area contributed by atoms with Gasteiger partial charge in [0, 0.05) is 55.3 Å². The van der Waals surface area contributed by atoms with Crippen LogP contribution in [0.1, 0.15) is 90.9 Å². The van der Waals surface area contributed by atoms with Gasteiger partial charge in [-0.25, -0.2) is 0 Å². The van der Waals surface area contributed by atoms with Crippen molar-refractivity contribution in [3.8, 4) is 0 Å². The van der Waals surface area contributed by atoms with E-state index >= 15 is 0 Å². The molecular weight excluding hydrogens is 686 g/mol. The number of aliphatic hydroxyl groups is 1. The lowest BCUT2D eigenvalue weighted by molar-refractivity contribution is -0.295. The van der Waals surface area contributed by atoms with Crippen molar-refractivity contribution >= 4 is 29.3 Å². The van der Waals surface area contributed by atoms with Gasteiger partial charge in [0.15, 0.2) is 12.1 Å². The molecule has 0 bridgehead atoms. The zero-order valence-electron chi connectivity index (χ0n) is 33.1. The number of cyclic esters (lactones) is 1. The fourth-order valence-corrected chi connectivity index (χ4v) is 8.83. The molecule has 0 saturated carbocycles. The van der Waals surface area contributed by atoms with Crippen molar-refractivity contribution in [3.05, 3.63) is 34.9 Å². The number of aliphatic hydroxyl groups excluding tert-OH is 1. The Morgan fingerprint density at radius 2 is 1.79 bits per heavy atom. The number of piperidine rings is 1. The van der Waals surface area contributed by atoms with Crippen LogP contribution < -0.4 is 0 Å². The molecule has 3 aliphatic heterocycles. The molecule has 1 aromatic rings. The van der Waals surface area contributed by atoms with Crippen LogP contribution in [0.3, 0.4) is 0 Å². The second kappa shape index (κ2) is 18.0. The first-order valence-electron chi connectivity index (χ1n) is 19.1. The third-order valence-electron chi connectivity index (χ3n) is 11.8. The molecule has 52 heavy (non-hydrogen) atoms. The number of rotatable bonds is 8. The molecule has 3 heterocycles. The number of carbonyl (C=O) groups is 3. The topological polar surface area (TPSA) is 118 Å². The van der Waals surface area contributed by atoms with Crippen LogP contribution in [0.25, 0.3) is 0 Å². The highest BCUT2D eigenvalue weighted by Gasteiger charge is 2.51. The van der Waals surface area contributed by atoms with Crippen LogP contribution in [-0.4, -0.2) is 134 Å². The van der Waals surface area contributed by atoms with Gasteiger partial charge >= 0.3 is 5.97 Å². The fourth-order valence-electron chi connectivity index (χ4n) is 8.64. The Bertz CT molecular complexity index is 1370. The minimum Gasteiger partial charge on any atom is -0.463 e. The monoisotopic (exact) mass is 749 g/mol. The minimum absolute atomic E-state index is 0.0119. The number of likely N-dealkylation sites (N-methyl/N-ethyl adjacent to an activating group) is 2. The van der Waals surface area contributed by atoms with Crippen molar-refractivity contribution in [1.82, 2.24) is 14.7 Å². The molecule has 294 valence electrons. The van der Waals surface area contributed by atoms with Crippen LogP contribution in [0, 0.1) is 23.2 Å². The molecule has 0 unspecified atom stereocenters. The Kier molecular flexibility index (Phi) is 14.8. The van der Waals surface area contributed by atoms with E-state index in [1.165, 1.54) is 0 Å². The summed E-state index contributed by atoms with van der Waals surface area (Å²) >= 11 is 6.15. The largest absolute Gasteiger partial charge is 0.463 e. The number of likely N-dealkylation sites (tertiary alicyclic amines) is 1. The number of methoxy groups -OCH3 is 1. The van der Waals surface area contributed by atoms with Gasteiger partial charge in [0.2, 0.25) is 0 Å². The fraction of sp³-hybridized carbons (Fsp3) is 0.775. The number of hydrogen-bond acceptors (Lipinski definition) is 10. The number of benzene rings is 1. The number of hydrogen-bond donors (Lipinski definition) is 1. The lowest BCUT2D eigenvalue weighted by atomic mass is 9.74. The van der Waals surface area contributed by atoms with Crippen LogP contribution in [-0.2, 0) is 28.5 Å². The first-order valence-corrected chi connectivity index (χ1v) is 19.5. The molecule has 0 spiro atoms. The van der Waals surface area contributed by atoms with Crippen molar-refractivity contribution in [2.75, 3.05) is 54.0 Å². The Labute approximate surface area is 316 Å². The quantitative estimate of drug-likeness (QED) is 0.277. The Morgan fingerprint density at radius 3 is 2.38 bits per heavy atom. The van der Waals surface area contributed by atoms with Crippen molar-refractivity contribution in [1.29, 1.82) is 0 Å². The number of esters is 1. The van der Waals surface area contributed by atoms with E-state index in [2.05, 4.69) is 18.7 Å². The summed E-state index contributed by atoms with van der Waals surface area (Å²) in [5, 5.41) is 11.9. The number of carbonyl (C=O) groups excluding carboxylic acids is 3. The summed E-state index contributed by atoms with van der Waals surface area (Å²) in [5.74, 6) is -1.26. The highest BCUT2D eigenvalue weighted by atomic mass is 35.5. The Morgan fingerprint density at radius 1 is 1.12 bits per heavy atom. The predicted octanol–water partition coefficient (Wildman–Crippen LogP) is 5.30. The molecule has 3 saturated heterocycles. The summed E-state index contributed by atoms with van der Waals surface area (Å²) in [6, 6.07) is 6.80. The average molecular weight is 750 g/mol. The maximum Gasteiger partial charge on any atom is 0.319 e. The van der Waals surface area contributed by atoms with E-state index < -0.39 is 41.4 Å². The van der Waals surface area contributed by atoms with Gasteiger partial charge in [-0.15, -0.1) is 0 Å². The maximum atomic E-state index is 14.4. The molecule has 1 N–H and O–H groups in total. The van der Waals surface area contributed by atoms with Crippen LogP contribution in [0.5, 0.6) is 0 Å². The van der Waals surface area contributed by atoms with Gasteiger partial charge in [-0.05, 0) is 110 Å². The maximum absolute atomic E-state index is 14.4. The van der Waals surface area contributed by atoms with Gasteiger partial charge in [-0.3, -0.25) is 19.3 Å². The third kappa shape index (κ3) is 9.94. The Balaban J connectivity index is 1.57. The van der Waals surface area contributed by atoms with Gasteiger partial charge in [0.1, 0.15) is 18.1 Å². The van der Waals surface area contributed by atoms with E-state index in [0.717, 1.165) is 25.8 Å². The average Bonchev–Trinajstić information content (AvgIpc) is 3.11. The number of ether oxygens (including phenoxy) is 4. The Hall–Kier alpha value is -2.12. The van der Waals surface area contributed by atoms with Crippen LogP contribution in [0.4, 0.5) is 0 Å². The summed E-state index contributed by atoms with van der Waals surface area (Å²) < 4.78 is 25.2. The lowest BCUT2D eigenvalue weighted by Gasteiger charge is -2.47. The number of halogens is 1. The standard InChI is InChI=1S/C40H64ClN3O8/c1-11-43-23-25(2)22-40(7,49-10)35(52-37-33(45)32(42(8)9)19-26(3)51-37)27(4)34(46)39(5,6)38(48)50-24-31(43)20-28-15-17-44(18-16-28)36(47)29-13-12-14-30(41)21-29/h12-14,21,25-28,31-33,35,37,45H,11,15-20,22-24H2,1-10H3/t25-,26-,27+,31-,32+,33-,35-,37+,40-/m1/s1. The molecule has 0 radical (unpaired) electrons. The molecule has 4 rings (SSSR count). The van der Waals surface area contributed by atoms with Crippen LogP contribution >= 0.6 is 11.6 Å². The summed E-state index contributed by atoms with van der Waals surface area (Å²) in [6.07, 6.45) is 0.729. The first kappa shape index (κ1) is 42.6. The van der Waals surface area contributed by atoms with Gasteiger partial charge in [0.25, 0.3) is 5.91 Å². The number of amides is 1. The summed E-state index contributed by atoms with van der Waals surface area (Å²) in [4.78, 5) is 47.6. The van der Waals surface area contributed by atoms with Crippen molar-refractivity contribution in [2.45, 2.75) is 123 Å². The van der Waals surface area contributed by atoms with E-state index in [9.17, 15) is 19.5 Å². The lowest BCUT2D eigenvalue weighted by Crippen LogP contribution is -2.59. The molecule has 1 amide bonds. The van der Waals surface area contributed by atoms with Gasteiger partial charge in [0.05, 0.1) is 17.8 Å². The van der Waals surface area contributed by atoms with Crippen molar-refractivity contribution in [2.24, 2.45) is 23.2 Å². The zero-order chi connectivity index (χ0) is 38.5. The second-order valence-corrected chi connectivity index (χ2v) is 17.0. The van der Waals surface area contributed by atoms with Gasteiger partial charge in [-0.2, -0.15) is 0 Å². The normalized spacial score (nSPS) is 34.7. The van der Waals surface area contributed by atoms with E-state index in [-0.39, 0.29) is 42.4 Å². The van der Waals surface area contributed by atoms with Gasteiger partial charge < -0.3 is 33.9 Å². The molecular formula is C40H64ClN3O8. The van der Waals surface area contributed by atoms with Crippen LogP contribution in [0.2, 0.25) is 5.02 Å². The highest BCUT2D eigenvalue weighted by Crippen LogP contribution is 2.39. The van der Waals surface area contributed by atoms with E-state index in [0.29, 0.717) is 49.0 Å². The molecule has 12 heteroatoms. The molecule has 0 aliphatic carbocycles. The molecule has 1 aromatic carbocycles. The minimum atomic E-state index is -1.46. The summed E-state index contributed by atoms with van der Waals surface area (Å²) in [7, 11) is 5.47. The SMILES string of the molecule is CCN1C[C@H](C)C[C@@](C)(OC)[C@H](O[C@@H]2O[C@H](C)C[C@H](N(C)C)[C@H]2O)[C@@H](C)C(=O)C(C)(C)C(=O)OC[C@H]1CC1CCN(C(=O)c2cccc(Cl)c2)CC1. The van der Waals surface area contributed by atoms with Gasteiger partial charge in [-0.1, -0.05) is 38.4 Å². The van der Waals surface area contributed by atoms with Crippen molar-refractivity contribution in [3.63, 3.8) is 0 Å². The molecule has 9 atom stereocenters. The molecule has 0 aromatic heterocycles. The summed E-state index contributed by atoms with van der Waals surface area (Å²) in [6.45, 7) is 16.1. The zero-order valence-corrected chi connectivity index (χ0v) is 33.9. The smallest absolute Gasteiger partial charge is 0.319 e. The number of Topliss-reactive ketones (excluding diaryl/α,β-unsaturated/α-hetero) is 1. The number of nitrogens with zero attached hydrogens (tertiary/aromatic N) is 3. The van der Waals surface area contributed by atoms with Crippen molar-refractivity contribution < 1.29 is 38.4 Å². The van der Waals surface area contributed by atoms with E-state index in [1.807, 2.05) is 37.7 Å². The predicted molar refractivity (Wildman–Crippen MR) is 201 cm³/mol. The molecule has 3 aliphatic rings. The molecule has 11 nitrogen and oxygen atoms in total. The molecule has 3 fully saturated rings. The third-order valence-corrected chi connectivity index (χ3v) is 12.1. The second-order valence-electron chi connectivity index (χ2n) is 16.6. The van der Waals surface area contributed by atoms with E-state index in [1.54, 1.807) is 52.1 Å². The highest BCUT2D eigenvalue weighted by molar-refractivity contribution is 6.30. The van der Waals surface area contributed by atoms with Crippen LogP contribution in [0.15, 0.2) is 24.3 Å². The number of ketones is 1. The van der Waals surface area contributed by atoms with E-state index in [4.69, 9.17) is 30.5 Å². The summed E-state index contributed by atoms with van der Waals surface area (Å²) in [5.41, 5.74) is -1.83. The first-order chi connectivity index (χ1) is 24.4.